The van der Waals surface area contributed by atoms with Crippen molar-refractivity contribution in [2.24, 2.45) is 5.92 Å². The number of nitrogens with one attached hydrogen (secondary N) is 2. The van der Waals surface area contributed by atoms with Crippen LogP contribution >= 0.6 is 12.4 Å². The molecule has 3 N–H and O–H groups in total. The maximum atomic E-state index is 11.8. The molecule has 1 atom stereocenters. The van der Waals surface area contributed by atoms with Gasteiger partial charge in [-0.15, -0.1) is 12.4 Å². The Hall–Kier alpha value is -2.08. The number of hydrogen-bond donors (Lipinski definition) is 3. The number of halogens is 1. The predicted octanol–water partition coefficient (Wildman–Crippen LogP) is 2.06. The van der Waals surface area contributed by atoms with Gasteiger partial charge in [-0.1, -0.05) is 42.5 Å². The number of carbonyl (C=O) groups excluding carboxylic acids is 1. The molecule has 1 heterocycles. The molecule has 25 heavy (non-hydrogen) atoms. The van der Waals surface area contributed by atoms with Crippen LogP contribution in [0.2, 0.25) is 0 Å². The summed E-state index contributed by atoms with van der Waals surface area (Å²) in [4.78, 5) is 11.8. The quantitative estimate of drug-likeness (QED) is 0.705. The van der Waals surface area contributed by atoms with E-state index in [-0.39, 0.29) is 30.8 Å². The van der Waals surface area contributed by atoms with Crippen molar-refractivity contribution in [2.45, 2.75) is 12.7 Å². The SMILES string of the molecule is Cl.O=C(NCC(O)c1cccc(OCc2ccccc2)c1)C1CNC1. The van der Waals surface area contributed by atoms with Crippen molar-refractivity contribution in [3.05, 3.63) is 65.7 Å². The monoisotopic (exact) mass is 362 g/mol. The maximum Gasteiger partial charge on any atom is 0.225 e. The molecule has 0 saturated carbocycles. The van der Waals surface area contributed by atoms with Crippen LogP contribution in [0, 0.1) is 5.92 Å². The van der Waals surface area contributed by atoms with E-state index in [2.05, 4.69) is 10.6 Å². The lowest BCUT2D eigenvalue weighted by Gasteiger charge is -2.26. The Morgan fingerprint density at radius 1 is 1.20 bits per heavy atom. The maximum absolute atomic E-state index is 11.8. The third-order valence-corrected chi connectivity index (χ3v) is 4.11. The summed E-state index contributed by atoms with van der Waals surface area (Å²) in [7, 11) is 0. The van der Waals surface area contributed by atoms with Gasteiger partial charge in [-0.2, -0.15) is 0 Å². The summed E-state index contributed by atoms with van der Waals surface area (Å²) in [6, 6.07) is 17.3. The van der Waals surface area contributed by atoms with Gasteiger partial charge in [-0.25, -0.2) is 0 Å². The van der Waals surface area contributed by atoms with Gasteiger partial charge in [-0.3, -0.25) is 4.79 Å². The topological polar surface area (TPSA) is 70.6 Å². The number of rotatable bonds is 7. The lowest BCUT2D eigenvalue weighted by atomic mass is 10.0. The van der Waals surface area contributed by atoms with Gasteiger partial charge in [0.2, 0.25) is 5.91 Å². The number of amides is 1. The molecule has 2 aromatic rings. The Morgan fingerprint density at radius 3 is 2.64 bits per heavy atom. The van der Waals surface area contributed by atoms with Gasteiger partial charge in [0, 0.05) is 19.6 Å². The summed E-state index contributed by atoms with van der Waals surface area (Å²) in [5, 5.41) is 16.1. The molecule has 2 aromatic carbocycles. The van der Waals surface area contributed by atoms with E-state index in [0.717, 1.165) is 11.1 Å². The summed E-state index contributed by atoms with van der Waals surface area (Å²) in [6.07, 6.45) is -0.748. The average Bonchev–Trinajstić information content (AvgIpc) is 2.57. The summed E-state index contributed by atoms with van der Waals surface area (Å²) in [5.41, 5.74) is 1.82. The van der Waals surface area contributed by atoms with E-state index in [9.17, 15) is 9.90 Å². The van der Waals surface area contributed by atoms with Gasteiger partial charge in [0.05, 0.1) is 12.0 Å². The van der Waals surface area contributed by atoms with Crippen molar-refractivity contribution in [1.29, 1.82) is 0 Å². The standard InChI is InChI=1S/C19H22N2O3.ClH/c22-18(12-21-19(23)16-10-20-11-16)15-7-4-8-17(9-15)24-13-14-5-2-1-3-6-14;/h1-9,16,18,20,22H,10-13H2,(H,21,23);1H. The van der Waals surface area contributed by atoms with Gasteiger partial charge in [0.15, 0.2) is 0 Å². The molecule has 5 nitrogen and oxygen atoms in total. The molecule has 0 radical (unpaired) electrons. The molecule has 3 rings (SSSR count). The largest absolute Gasteiger partial charge is 0.489 e. The molecule has 6 heteroatoms. The first-order valence-corrected chi connectivity index (χ1v) is 8.15. The lowest BCUT2D eigenvalue weighted by Crippen LogP contribution is -2.51. The number of ether oxygens (including phenoxy) is 1. The fraction of sp³-hybridized carbons (Fsp3) is 0.316. The molecular weight excluding hydrogens is 340 g/mol. The van der Waals surface area contributed by atoms with Crippen LogP contribution in [-0.4, -0.2) is 30.6 Å². The van der Waals surface area contributed by atoms with Crippen LogP contribution < -0.4 is 15.4 Å². The zero-order valence-corrected chi connectivity index (χ0v) is 14.7. The van der Waals surface area contributed by atoms with Crippen molar-refractivity contribution >= 4 is 18.3 Å². The first kappa shape index (κ1) is 19.2. The normalized spacial score (nSPS) is 14.8. The Bertz CT molecular complexity index is 677. The van der Waals surface area contributed by atoms with Crippen LogP contribution in [0.15, 0.2) is 54.6 Å². The van der Waals surface area contributed by atoms with E-state index < -0.39 is 6.10 Å². The fourth-order valence-electron chi connectivity index (χ4n) is 2.49. The van der Waals surface area contributed by atoms with Crippen molar-refractivity contribution < 1.29 is 14.6 Å². The summed E-state index contributed by atoms with van der Waals surface area (Å²) in [6.45, 7) is 2.11. The van der Waals surface area contributed by atoms with E-state index >= 15 is 0 Å². The van der Waals surface area contributed by atoms with Crippen molar-refractivity contribution in [1.82, 2.24) is 10.6 Å². The smallest absolute Gasteiger partial charge is 0.225 e. The highest BCUT2D eigenvalue weighted by molar-refractivity contribution is 5.85. The minimum Gasteiger partial charge on any atom is -0.489 e. The van der Waals surface area contributed by atoms with E-state index in [0.29, 0.717) is 25.4 Å². The lowest BCUT2D eigenvalue weighted by molar-refractivity contribution is -0.126. The molecule has 1 aliphatic rings. The Morgan fingerprint density at radius 2 is 1.96 bits per heavy atom. The van der Waals surface area contributed by atoms with Gasteiger partial charge >= 0.3 is 0 Å². The molecular formula is C19H23ClN2O3. The van der Waals surface area contributed by atoms with Crippen LogP contribution in [0.1, 0.15) is 17.2 Å². The molecule has 1 aliphatic heterocycles. The molecule has 0 spiro atoms. The predicted molar refractivity (Wildman–Crippen MR) is 98.8 cm³/mol. The molecule has 1 fully saturated rings. The van der Waals surface area contributed by atoms with Gasteiger partial charge in [-0.05, 0) is 23.3 Å². The van der Waals surface area contributed by atoms with E-state index in [4.69, 9.17) is 4.74 Å². The number of aliphatic hydroxyl groups is 1. The van der Waals surface area contributed by atoms with Crippen molar-refractivity contribution in [3.8, 4) is 5.75 Å². The number of benzene rings is 2. The minimum atomic E-state index is -0.748. The highest BCUT2D eigenvalue weighted by Crippen LogP contribution is 2.20. The van der Waals surface area contributed by atoms with Crippen LogP contribution in [0.5, 0.6) is 5.75 Å². The Labute approximate surface area is 153 Å². The summed E-state index contributed by atoms with van der Waals surface area (Å²) >= 11 is 0. The highest BCUT2D eigenvalue weighted by atomic mass is 35.5. The molecule has 1 amide bonds. The summed E-state index contributed by atoms with van der Waals surface area (Å²) in [5.74, 6) is 0.715. The third kappa shape index (κ3) is 5.46. The second-order valence-corrected chi connectivity index (χ2v) is 5.96. The zero-order valence-electron chi connectivity index (χ0n) is 13.9. The van der Waals surface area contributed by atoms with Gasteiger partial charge in [0.1, 0.15) is 12.4 Å². The minimum absolute atomic E-state index is 0. The van der Waals surface area contributed by atoms with E-state index in [1.807, 2.05) is 54.6 Å². The van der Waals surface area contributed by atoms with Crippen LogP contribution in [-0.2, 0) is 11.4 Å². The van der Waals surface area contributed by atoms with E-state index in [1.165, 1.54) is 0 Å². The average molecular weight is 363 g/mol. The fourth-order valence-corrected chi connectivity index (χ4v) is 2.49. The number of aliphatic hydroxyl groups excluding tert-OH is 1. The first-order valence-electron chi connectivity index (χ1n) is 8.15. The van der Waals surface area contributed by atoms with Gasteiger partial charge < -0.3 is 20.5 Å². The van der Waals surface area contributed by atoms with Crippen LogP contribution in [0.3, 0.4) is 0 Å². The second kappa shape index (κ2) is 9.42. The Kier molecular flexibility index (Phi) is 7.25. The third-order valence-electron chi connectivity index (χ3n) is 4.11. The number of hydrogen-bond acceptors (Lipinski definition) is 4. The molecule has 134 valence electrons. The van der Waals surface area contributed by atoms with E-state index in [1.54, 1.807) is 0 Å². The van der Waals surface area contributed by atoms with Crippen LogP contribution in [0.4, 0.5) is 0 Å². The molecule has 0 bridgehead atoms. The highest BCUT2D eigenvalue weighted by Gasteiger charge is 2.25. The summed E-state index contributed by atoms with van der Waals surface area (Å²) < 4.78 is 5.77. The Balaban J connectivity index is 0.00000225. The molecule has 1 saturated heterocycles. The van der Waals surface area contributed by atoms with Crippen molar-refractivity contribution in [2.75, 3.05) is 19.6 Å². The van der Waals surface area contributed by atoms with Gasteiger partial charge in [0.25, 0.3) is 0 Å². The molecule has 0 aliphatic carbocycles. The molecule has 1 unspecified atom stereocenters. The second-order valence-electron chi connectivity index (χ2n) is 5.96. The number of carbonyl (C=O) groups is 1. The zero-order chi connectivity index (χ0) is 16.8. The first-order chi connectivity index (χ1) is 11.7. The molecule has 0 aromatic heterocycles. The van der Waals surface area contributed by atoms with Crippen molar-refractivity contribution in [3.63, 3.8) is 0 Å². The van der Waals surface area contributed by atoms with Crippen LogP contribution in [0.25, 0.3) is 0 Å².